The molecule has 0 saturated carbocycles. The zero-order chi connectivity index (χ0) is 19.4. The summed E-state index contributed by atoms with van der Waals surface area (Å²) in [6.07, 6.45) is 3.55. The molecule has 1 aromatic carbocycles. The van der Waals surface area contributed by atoms with Crippen molar-refractivity contribution in [1.29, 1.82) is 0 Å². The van der Waals surface area contributed by atoms with E-state index in [-0.39, 0.29) is 10.8 Å². The molecule has 3 rings (SSSR count). The number of halogens is 1. The number of carbonyl (C=O) groups excluding carboxylic acids is 1. The Labute approximate surface area is 166 Å². The fourth-order valence-electron chi connectivity index (χ4n) is 2.41. The van der Waals surface area contributed by atoms with E-state index in [1.807, 2.05) is 30.5 Å². The van der Waals surface area contributed by atoms with Gasteiger partial charge in [0, 0.05) is 25.1 Å². The smallest absolute Gasteiger partial charge is 0.252 e. The summed E-state index contributed by atoms with van der Waals surface area (Å²) in [5.41, 5.74) is 1.56. The van der Waals surface area contributed by atoms with Crippen molar-refractivity contribution in [2.75, 3.05) is 18.9 Å². The van der Waals surface area contributed by atoms with Crippen molar-refractivity contribution in [2.24, 2.45) is 0 Å². The van der Waals surface area contributed by atoms with Gasteiger partial charge in [-0.15, -0.1) is 11.3 Å². The number of carbonyl (C=O) groups is 1. The van der Waals surface area contributed by atoms with Crippen LogP contribution < -0.4 is 5.32 Å². The fourth-order valence-corrected chi connectivity index (χ4v) is 5.23. The van der Waals surface area contributed by atoms with Gasteiger partial charge >= 0.3 is 0 Å². The summed E-state index contributed by atoms with van der Waals surface area (Å²) in [6, 6.07) is 12.1. The van der Waals surface area contributed by atoms with E-state index in [9.17, 15) is 13.2 Å². The molecule has 0 aliphatic heterocycles. The number of thiophene rings is 1. The van der Waals surface area contributed by atoms with Gasteiger partial charge in [-0.05, 0) is 35.9 Å². The molecule has 2 heterocycles. The lowest BCUT2D eigenvalue weighted by atomic mass is 10.2. The second-order valence-electron chi connectivity index (χ2n) is 5.77. The normalized spacial score (nSPS) is 11.7. The highest BCUT2D eigenvalue weighted by molar-refractivity contribution is 7.91. The van der Waals surface area contributed by atoms with E-state index >= 15 is 0 Å². The summed E-state index contributed by atoms with van der Waals surface area (Å²) >= 11 is 6.75. The minimum atomic E-state index is -3.75. The summed E-state index contributed by atoms with van der Waals surface area (Å²) in [5, 5.41) is 6.87. The molecule has 0 unspecified atom stereocenters. The quantitative estimate of drug-likeness (QED) is 0.632. The molecule has 0 fully saturated rings. The predicted octanol–water partition coefficient (Wildman–Crippen LogP) is 2.91. The number of anilines is 1. The Morgan fingerprint density at radius 3 is 2.78 bits per heavy atom. The Kier molecular flexibility index (Phi) is 5.95. The van der Waals surface area contributed by atoms with Crippen LogP contribution in [-0.2, 0) is 21.4 Å². The fraction of sp³-hybridized carbons (Fsp3) is 0.176. The standard InChI is InChI=1S/C17H17ClN4O3S2/c1-21(27(24,25)17-7-6-15(18)26-17)12-16(23)20-14-5-2-4-13(10-14)11-22-9-3-8-19-22/h2-10H,11-12H2,1H3,(H,20,23). The molecular formula is C17H17ClN4O3S2. The molecule has 27 heavy (non-hydrogen) atoms. The third-order valence-electron chi connectivity index (χ3n) is 3.69. The van der Waals surface area contributed by atoms with E-state index in [0.29, 0.717) is 16.6 Å². The summed E-state index contributed by atoms with van der Waals surface area (Å²) in [5.74, 6) is -0.431. The van der Waals surface area contributed by atoms with Gasteiger partial charge in [0.15, 0.2) is 0 Å². The van der Waals surface area contributed by atoms with Gasteiger partial charge in [-0.1, -0.05) is 23.7 Å². The van der Waals surface area contributed by atoms with E-state index in [1.54, 1.807) is 16.9 Å². The lowest BCUT2D eigenvalue weighted by molar-refractivity contribution is -0.116. The van der Waals surface area contributed by atoms with Crippen LogP contribution in [0.3, 0.4) is 0 Å². The van der Waals surface area contributed by atoms with Crippen LogP contribution in [0.25, 0.3) is 0 Å². The number of amides is 1. The van der Waals surface area contributed by atoms with Gasteiger partial charge in [-0.25, -0.2) is 8.42 Å². The van der Waals surface area contributed by atoms with E-state index in [1.165, 1.54) is 19.2 Å². The van der Waals surface area contributed by atoms with Crippen molar-refractivity contribution in [3.63, 3.8) is 0 Å². The number of rotatable bonds is 7. The number of nitrogens with zero attached hydrogens (tertiary/aromatic N) is 3. The van der Waals surface area contributed by atoms with Gasteiger partial charge in [-0.3, -0.25) is 9.48 Å². The SMILES string of the molecule is CN(CC(=O)Nc1cccc(Cn2cccn2)c1)S(=O)(=O)c1ccc(Cl)s1. The summed E-state index contributed by atoms with van der Waals surface area (Å²) in [6.45, 7) is 0.269. The molecule has 0 aliphatic rings. The molecule has 0 radical (unpaired) electrons. The Morgan fingerprint density at radius 2 is 2.11 bits per heavy atom. The zero-order valence-corrected chi connectivity index (χ0v) is 16.8. The molecule has 0 aliphatic carbocycles. The van der Waals surface area contributed by atoms with Crippen LogP contribution >= 0.6 is 22.9 Å². The summed E-state index contributed by atoms with van der Waals surface area (Å²) in [7, 11) is -2.40. The van der Waals surface area contributed by atoms with Crippen LogP contribution in [0, 0.1) is 0 Å². The topological polar surface area (TPSA) is 84.3 Å². The zero-order valence-electron chi connectivity index (χ0n) is 14.4. The summed E-state index contributed by atoms with van der Waals surface area (Å²) < 4.78 is 28.2. The molecule has 1 amide bonds. The Balaban J connectivity index is 1.63. The average molecular weight is 425 g/mol. The number of sulfonamides is 1. The second kappa shape index (κ2) is 8.22. The van der Waals surface area contributed by atoms with Crippen LogP contribution in [0.15, 0.2) is 59.1 Å². The van der Waals surface area contributed by atoms with E-state index in [4.69, 9.17) is 11.6 Å². The molecule has 2 aromatic heterocycles. The average Bonchev–Trinajstić information content (AvgIpc) is 3.27. The molecule has 7 nitrogen and oxygen atoms in total. The monoisotopic (exact) mass is 424 g/mol. The first kappa shape index (κ1) is 19.6. The van der Waals surface area contributed by atoms with Crippen molar-refractivity contribution in [3.05, 3.63) is 64.8 Å². The van der Waals surface area contributed by atoms with E-state index in [2.05, 4.69) is 10.4 Å². The number of hydrogen-bond acceptors (Lipinski definition) is 5. The molecule has 0 atom stereocenters. The van der Waals surface area contributed by atoms with Crippen LogP contribution in [0.5, 0.6) is 0 Å². The van der Waals surface area contributed by atoms with Crippen LogP contribution in [0.1, 0.15) is 5.56 Å². The predicted molar refractivity (Wildman–Crippen MR) is 106 cm³/mol. The third kappa shape index (κ3) is 4.95. The van der Waals surface area contributed by atoms with Crippen molar-refractivity contribution in [1.82, 2.24) is 14.1 Å². The largest absolute Gasteiger partial charge is 0.325 e. The van der Waals surface area contributed by atoms with Gasteiger partial charge in [0.1, 0.15) is 4.21 Å². The lowest BCUT2D eigenvalue weighted by Crippen LogP contribution is -2.34. The molecule has 0 saturated heterocycles. The first-order chi connectivity index (χ1) is 12.8. The molecule has 0 bridgehead atoms. The van der Waals surface area contributed by atoms with Crippen molar-refractivity contribution < 1.29 is 13.2 Å². The van der Waals surface area contributed by atoms with Gasteiger partial charge in [0.2, 0.25) is 5.91 Å². The molecule has 142 valence electrons. The first-order valence-electron chi connectivity index (χ1n) is 7.92. The first-order valence-corrected chi connectivity index (χ1v) is 10.6. The lowest BCUT2D eigenvalue weighted by Gasteiger charge is -2.16. The maximum atomic E-state index is 12.5. The highest BCUT2D eigenvalue weighted by atomic mass is 35.5. The van der Waals surface area contributed by atoms with Gasteiger partial charge in [0.05, 0.1) is 17.4 Å². The molecular weight excluding hydrogens is 408 g/mol. The van der Waals surface area contributed by atoms with Crippen molar-refractivity contribution >= 4 is 44.6 Å². The highest BCUT2D eigenvalue weighted by Crippen LogP contribution is 2.27. The van der Waals surface area contributed by atoms with E-state index in [0.717, 1.165) is 21.2 Å². The maximum Gasteiger partial charge on any atom is 0.252 e. The van der Waals surface area contributed by atoms with Crippen LogP contribution in [0.4, 0.5) is 5.69 Å². The minimum absolute atomic E-state index is 0.101. The maximum absolute atomic E-state index is 12.5. The number of nitrogens with one attached hydrogen (secondary N) is 1. The third-order valence-corrected chi connectivity index (χ3v) is 7.20. The Bertz CT molecular complexity index is 1030. The van der Waals surface area contributed by atoms with Gasteiger partial charge < -0.3 is 5.32 Å². The van der Waals surface area contributed by atoms with E-state index < -0.39 is 15.9 Å². The molecule has 3 aromatic rings. The highest BCUT2D eigenvalue weighted by Gasteiger charge is 2.24. The number of hydrogen-bond donors (Lipinski definition) is 1. The number of likely N-dealkylation sites (N-methyl/N-ethyl adjacent to an activating group) is 1. The molecule has 10 heteroatoms. The molecule has 1 N–H and O–H groups in total. The Hall–Kier alpha value is -2.20. The van der Waals surface area contributed by atoms with Gasteiger partial charge in [0.25, 0.3) is 10.0 Å². The van der Waals surface area contributed by atoms with Crippen LogP contribution in [-0.4, -0.2) is 42.0 Å². The minimum Gasteiger partial charge on any atom is -0.325 e. The van der Waals surface area contributed by atoms with Crippen LogP contribution in [0.2, 0.25) is 4.34 Å². The number of aromatic nitrogens is 2. The molecule has 0 spiro atoms. The Morgan fingerprint density at radius 1 is 1.30 bits per heavy atom. The number of benzene rings is 1. The second-order valence-corrected chi connectivity index (χ2v) is 9.76. The van der Waals surface area contributed by atoms with Crippen molar-refractivity contribution in [3.8, 4) is 0 Å². The summed E-state index contributed by atoms with van der Waals surface area (Å²) in [4.78, 5) is 12.3. The van der Waals surface area contributed by atoms with Gasteiger partial charge in [-0.2, -0.15) is 9.40 Å². The van der Waals surface area contributed by atoms with Crippen molar-refractivity contribution in [2.45, 2.75) is 10.8 Å².